The summed E-state index contributed by atoms with van der Waals surface area (Å²) in [5.74, 6) is 0. The highest BCUT2D eigenvalue weighted by Crippen LogP contribution is 2.57. The first-order valence-electron chi connectivity index (χ1n) is 43.7. The molecule has 0 saturated heterocycles. The molecule has 0 atom stereocenters. The van der Waals surface area contributed by atoms with Crippen molar-refractivity contribution in [2.45, 2.75) is 157 Å². The minimum Gasteiger partial charge on any atom is -0.309 e. The van der Waals surface area contributed by atoms with Crippen LogP contribution in [0.1, 0.15) is 158 Å². The van der Waals surface area contributed by atoms with Crippen molar-refractivity contribution in [1.29, 1.82) is 0 Å². The molecule has 1 aliphatic carbocycles. The Labute approximate surface area is 706 Å². The molecule has 0 spiro atoms. The maximum Gasteiger partial charge on any atom is 0.0634 e. The van der Waals surface area contributed by atoms with Gasteiger partial charge in [-0.1, -0.05) is 246 Å². The second-order valence-corrected chi connectivity index (χ2v) is 41.8. The van der Waals surface area contributed by atoms with E-state index in [1.54, 1.807) is 0 Å². The summed E-state index contributed by atoms with van der Waals surface area (Å²) in [6.45, 7) is 42.1. The lowest BCUT2D eigenvalue weighted by Gasteiger charge is -2.23. The predicted molar refractivity (Wildman–Crippen MR) is 521 cm³/mol. The van der Waals surface area contributed by atoms with E-state index in [4.69, 9.17) is 0 Å². The van der Waals surface area contributed by atoms with Gasteiger partial charge in [0, 0.05) is 92.5 Å². The van der Waals surface area contributed by atoms with Crippen LogP contribution in [0.15, 0.2) is 273 Å². The second kappa shape index (κ2) is 24.0. The number of nitrogens with zero attached hydrogens (tertiary/aromatic N) is 5. The normalized spacial score (nSPS) is 13.5. The second-order valence-electron chi connectivity index (χ2n) is 41.8. The Morgan fingerprint density at radius 3 is 0.711 bits per heavy atom. The van der Waals surface area contributed by atoms with Gasteiger partial charge in [-0.3, -0.25) is 0 Å². The maximum absolute atomic E-state index is 2.73. The summed E-state index contributed by atoms with van der Waals surface area (Å²) in [6, 6.07) is 108. The van der Waals surface area contributed by atoms with Crippen LogP contribution in [0.5, 0.6) is 0 Å². The topological polar surface area (TPSA) is 23.6 Å². The molecular formula is C116H99N5. The number of aromatic nitrogens is 5. The zero-order valence-electron chi connectivity index (χ0n) is 72.7. The lowest BCUT2D eigenvalue weighted by atomic mass is 9.80. The van der Waals surface area contributed by atoms with Crippen LogP contribution >= 0.6 is 0 Å². The van der Waals surface area contributed by atoms with Crippen molar-refractivity contribution >= 4 is 163 Å². The highest BCUT2D eigenvalue weighted by Gasteiger charge is 2.34. The number of benzene rings is 16. The first kappa shape index (κ1) is 72.1. The molecule has 588 valence electrons. The monoisotopic (exact) mass is 1560 g/mol. The van der Waals surface area contributed by atoms with Crippen LogP contribution in [-0.4, -0.2) is 22.5 Å². The first-order valence-corrected chi connectivity index (χ1v) is 43.7. The van der Waals surface area contributed by atoms with Gasteiger partial charge in [0.1, 0.15) is 0 Å². The van der Waals surface area contributed by atoms with Gasteiger partial charge in [0.25, 0.3) is 0 Å². The summed E-state index contributed by atoms with van der Waals surface area (Å²) in [5, 5.41) is 22.6. The van der Waals surface area contributed by atoms with Crippen molar-refractivity contribution < 1.29 is 0 Å². The maximum atomic E-state index is 2.73. The standard InChI is InChI=1S/C116H99N5/c1-111(2,3)68-33-42-95-85(55-68)86-56-69(112(4,5)6)34-43-96(86)117(95)74-39-31-64-51-91-102(53-66(64)49-74)120-101-48-41-76(119-99-46-37-72(115(13,14)15)59-89(99)90-60-73(116(16,17)18)38-47-100(90)119)61-93(101)107-105-92-52-65-32-40-75(118-97-44-35-70(113(7,8)9)57-87(97)88-58-71(114(10,11)12)36-45-98(88)118)50-67(65)54-103(92)121-104-63-84-82-30-24-22-28-80(82)78-26-20-19-25-77(78)79-27-21-23-29-81(79)83(84)62-94(104)108(110(105)121)106(91)109(107)120/h19-63H,1-18H3. The Hall–Kier alpha value is -13.0. The lowest BCUT2D eigenvalue weighted by molar-refractivity contribution is 0.590. The van der Waals surface area contributed by atoms with E-state index in [-0.39, 0.29) is 32.5 Å². The molecule has 0 aliphatic heterocycles. The Bertz CT molecular complexity index is 8340. The fourth-order valence-corrected chi connectivity index (χ4v) is 21.6. The van der Waals surface area contributed by atoms with Crippen molar-refractivity contribution in [3.63, 3.8) is 0 Å². The van der Waals surface area contributed by atoms with Gasteiger partial charge in [0.2, 0.25) is 0 Å². The largest absolute Gasteiger partial charge is 0.309 e. The van der Waals surface area contributed by atoms with Gasteiger partial charge < -0.3 is 22.5 Å². The SMILES string of the molecule is CC(C)(C)c1ccc2c(c1)c1cc(C(C)(C)C)ccc1n2-c1ccc2cc3c4c5c6cc7c(cc6n6c8cc9cc(-n%10c%11ccc(C(C)(C)C)cc%11c%11cc(C(C)(C)C)ccc%11%10)ccc9cc8c(c8c9cc(-n%10c%11ccc(C(C)(C)C)cc%11c%11cc(C(C)(C)C)ccc%11%10)ccc9n(c3cc2c1)c48)c56)-c1ccccc1-c1ccccc1-c1ccccc1-7. The van der Waals surface area contributed by atoms with Crippen LogP contribution in [0.25, 0.3) is 225 Å². The molecule has 121 heavy (non-hydrogen) atoms. The van der Waals surface area contributed by atoms with Gasteiger partial charge in [0.05, 0.1) is 66.2 Å². The summed E-state index contributed by atoms with van der Waals surface area (Å²) in [7, 11) is 0. The zero-order valence-corrected chi connectivity index (χ0v) is 72.7. The third kappa shape index (κ3) is 10.2. The molecule has 24 rings (SSSR count). The third-order valence-electron chi connectivity index (χ3n) is 28.1. The fraction of sp³-hybridized carbons (Fsp3) is 0.207. The molecule has 0 amide bonds. The third-order valence-corrected chi connectivity index (χ3v) is 28.1. The first-order chi connectivity index (χ1) is 57.8. The quantitative estimate of drug-likeness (QED) is 0.168. The van der Waals surface area contributed by atoms with E-state index < -0.39 is 0 Å². The van der Waals surface area contributed by atoms with E-state index in [0.29, 0.717) is 0 Å². The van der Waals surface area contributed by atoms with E-state index >= 15 is 0 Å². The van der Waals surface area contributed by atoms with Crippen LogP contribution in [0.2, 0.25) is 0 Å². The van der Waals surface area contributed by atoms with Crippen molar-refractivity contribution in [1.82, 2.24) is 22.5 Å². The van der Waals surface area contributed by atoms with Crippen LogP contribution in [0.3, 0.4) is 0 Å². The molecule has 0 fully saturated rings. The minimum atomic E-state index is -0.0450. The number of rotatable bonds is 3. The van der Waals surface area contributed by atoms with Crippen molar-refractivity contribution in [2.24, 2.45) is 0 Å². The highest BCUT2D eigenvalue weighted by atomic mass is 15.0. The average molecular weight is 1560 g/mol. The number of hydrogen-bond donors (Lipinski definition) is 0. The van der Waals surface area contributed by atoms with Crippen molar-refractivity contribution in [3.8, 4) is 61.6 Å². The zero-order chi connectivity index (χ0) is 82.8. The van der Waals surface area contributed by atoms with Gasteiger partial charge in [-0.2, -0.15) is 0 Å². The summed E-state index contributed by atoms with van der Waals surface area (Å²) >= 11 is 0. The molecule has 0 saturated carbocycles. The summed E-state index contributed by atoms with van der Waals surface area (Å²) in [6.07, 6.45) is 0. The molecule has 1 aliphatic rings. The van der Waals surface area contributed by atoms with Crippen molar-refractivity contribution in [3.05, 3.63) is 306 Å². The van der Waals surface area contributed by atoms with Gasteiger partial charge in [-0.25, -0.2) is 0 Å². The van der Waals surface area contributed by atoms with E-state index in [0.717, 1.165) is 17.1 Å². The van der Waals surface area contributed by atoms with E-state index in [1.165, 1.54) is 241 Å². The molecule has 23 aromatic rings. The fourth-order valence-electron chi connectivity index (χ4n) is 21.6. The summed E-state index contributed by atoms with van der Waals surface area (Å²) < 4.78 is 13.1. The molecule has 0 unspecified atom stereocenters. The van der Waals surface area contributed by atoms with Crippen LogP contribution < -0.4 is 0 Å². The summed E-state index contributed by atoms with van der Waals surface area (Å²) in [5.41, 5.74) is 35.7. The summed E-state index contributed by atoms with van der Waals surface area (Å²) in [4.78, 5) is 0. The van der Waals surface area contributed by atoms with Crippen LogP contribution in [0, 0.1) is 0 Å². The van der Waals surface area contributed by atoms with Gasteiger partial charge in [0.15, 0.2) is 0 Å². The van der Waals surface area contributed by atoms with Gasteiger partial charge in [-0.05, 0) is 284 Å². The van der Waals surface area contributed by atoms with Crippen molar-refractivity contribution in [2.75, 3.05) is 0 Å². The Balaban J connectivity index is 0.853. The molecule has 0 N–H and O–H groups in total. The molecule has 7 aromatic heterocycles. The Kier molecular flexibility index (Phi) is 14.3. The Morgan fingerprint density at radius 2 is 0.405 bits per heavy atom. The number of fused-ring (bicyclic) bond motifs is 33. The van der Waals surface area contributed by atoms with E-state index in [1.807, 2.05) is 0 Å². The molecule has 0 bridgehead atoms. The highest BCUT2D eigenvalue weighted by molar-refractivity contribution is 6.46. The average Bonchev–Trinajstić information content (AvgIpc) is 1.48. The molecule has 16 aromatic carbocycles. The van der Waals surface area contributed by atoms with Crippen LogP contribution in [-0.2, 0) is 32.5 Å². The number of hydrogen-bond acceptors (Lipinski definition) is 0. The molecule has 7 heterocycles. The Morgan fingerprint density at radius 1 is 0.165 bits per heavy atom. The van der Waals surface area contributed by atoms with E-state index in [9.17, 15) is 0 Å². The molecular weight excluding hydrogens is 1460 g/mol. The lowest BCUT2D eigenvalue weighted by Crippen LogP contribution is -2.10. The minimum absolute atomic E-state index is 0.0190. The molecule has 5 heteroatoms. The predicted octanol–water partition coefficient (Wildman–Crippen LogP) is 32.4. The molecule has 5 nitrogen and oxygen atoms in total. The van der Waals surface area contributed by atoms with Crippen LogP contribution in [0.4, 0.5) is 0 Å². The van der Waals surface area contributed by atoms with Gasteiger partial charge >= 0.3 is 0 Å². The van der Waals surface area contributed by atoms with E-state index in [2.05, 4.69) is 420 Å². The smallest absolute Gasteiger partial charge is 0.0634 e. The molecule has 0 radical (unpaired) electrons. The van der Waals surface area contributed by atoms with Gasteiger partial charge in [-0.15, -0.1) is 0 Å².